The molecule has 1 atom stereocenters. The minimum absolute atomic E-state index is 0.00408. The van der Waals surface area contributed by atoms with E-state index in [1.807, 2.05) is 0 Å². The van der Waals surface area contributed by atoms with E-state index in [4.69, 9.17) is 21.1 Å². The highest BCUT2D eigenvalue weighted by atomic mass is 35.5. The molecule has 1 fully saturated rings. The molecule has 1 aliphatic heterocycles. The molecule has 0 saturated carbocycles. The fraction of sp³-hybridized carbons (Fsp3) is 0.286. The lowest BCUT2D eigenvalue weighted by atomic mass is 10.2. The molecule has 0 amide bonds. The number of nitrogens with one attached hydrogen (secondary N) is 1. The Balaban J connectivity index is 1.47. The Morgan fingerprint density at radius 1 is 1.28 bits per heavy atom. The topological polar surface area (TPSA) is 116 Å². The highest BCUT2D eigenvalue weighted by molar-refractivity contribution is 7.89. The smallest absolute Gasteiger partial charge is 0.338 e. The van der Waals surface area contributed by atoms with Crippen molar-refractivity contribution in [2.75, 3.05) is 13.2 Å². The van der Waals surface area contributed by atoms with E-state index in [0.717, 1.165) is 18.9 Å². The summed E-state index contributed by atoms with van der Waals surface area (Å²) in [5.74, 6) is -0.771. The summed E-state index contributed by atoms with van der Waals surface area (Å²) in [6, 6.07) is 10.2. The van der Waals surface area contributed by atoms with E-state index in [1.165, 1.54) is 22.6 Å². The third kappa shape index (κ3) is 4.99. The summed E-state index contributed by atoms with van der Waals surface area (Å²) in [4.78, 5) is 28.7. The number of nitrogens with zero attached hydrogens (tertiary/aromatic N) is 2. The number of ether oxygens (including phenoxy) is 2. The van der Waals surface area contributed by atoms with E-state index in [9.17, 15) is 18.0 Å². The Labute approximate surface area is 189 Å². The molecular weight excluding hydrogens is 458 g/mol. The summed E-state index contributed by atoms with van der Waals surface area (Å²) >= 11 is 6.08. The zero-order valence-corrected chi connectivity index (χ0v) is 18.4. The largest absolute Gasteiger partial charge is 0.456 e. The maximum absolute atomic E-state index is 12.7. The molecule has 1 aliphatic rings. The summed E-state index contributed by atoms with van der Waals surface area (Å²) in [5.41, 5.74) is 0.390. The lowest BCUT2D eigenvalue weighted by Crippen LogP contribution is -2.32. The van der Waals surface area contributed by atoms with Crippen molar-refractivity contribution in [3.63, 3.8) is 0 Å². The predicted octanol–water partition coefficient (Wildman–Crippen LogP) is 2.16. The average molecular weight is 478 g/mol. The zero-order chi connectivity index (χ0) is 22.7. The molecule has 1 N–H and O–H groups in total. The fourth-order valence-electron chi connectivity index (χ4n) is 3.32. The number of esters is 1. The first-order chi connectivity index (χ1) is 15.3. The lowest BCUT2D eigenvalue weighted by molar-refractivity contribution is 0.0467. The van der Waals surface area contributed by atoms with Gasteiger partial charge in [-0.05, 0) is 43.2 Å². The first kappa shape index (κ1) is 22.4. The number of aromatic nitrogens is 2. The molecule has 1 unspecified atom stereocenters. The summed E-state index contributed by atoms with van der Waals surface area (Å²) in [6.45, 7) is 0.477. The number of pyridine rings is 1. The Morgan fingerprint density at radius 2 is 2.12 bits per heavy atom. The maximum atomic E-state index is 12.7. The van der Waals surface area contributed by atoms with Gasteiger partial charge < -0.3 is 9.47 Å². The maximum Gasteiger partial charge on any atom is 0.338 e. The van der Waals surface area contributed by atoms with Gasteiger partial charge in [0.2, 0.25) is 10.0 Å². The van der Waals surface area contributed by atoms with Crippen LogP contribution in [0.3, 0.4) is 0 Å². The van der Waals surface area contributed by atoms with Gasteiger partial charge in [0.15, 0.2) is 0 Å². The van der Waals surface area contributed by atoms with E-state index in [0.29, 0.717) is 12.3 Å². The van der Waals surface area contributed by atoms with Crippen molar-refractivity contribution in [3.05, 3.63) is 75.3 Å². The predicted molar refractivity (Wildman–Crippen MR) is 116 cm³/mol. The number of hydrogen-bond donors (Lipinski definition) is 1. The van der Waals surface area contributed by atoms with Crippen molar-refractivity contribution >= 4 is 33.2 Å². The number of halogens is 1. The normalized spacial score (nSPS) is 16.3. The number of fused-ring (bicyclic) bond motifs is 1. The number of rotatable bonds is 7. The van der Waals surface area contributed by atoms with Crippen LogP contribution in [0, 0.1) is 0 Å². The minimum atomic E-state index is -3.96. The van der Waals surface area contributed by atoms with Gasteiger partial charge in [-0.1, -0.05) is 17.7 Å². The van der Waals surface area contributed by atoms with Crippen molar-refractivity contribution in [3.8, 4) is 0 Å². The monoisotopic (exact) mass is 477 g/mol. The van der Waals surface area contributed by atoms with Crippen molar-refractivity contribution in [2.45, 2.75) is 30.4 Å². The van der Waals surface area contributed by atoms with Crippen LogP contribution in [0.15, 0.2) is 58.4 Å². The van der Waals surface area contributed by atoms with Gasteiger partial charge in [0, 0.05) is 25.4 Å². The number of sulfonamides is 1. The van der Waals surface area contributed by atoms with Crippen LogP contribution in [0.25, 0.3) is 5.65 Å². The van der Waals surface area contributed by atoms with Crippen molar-refractivity contribution in [1.29, 1.82) is 0 Å². The van der Waals surface area contributed by atoms with Crippen LogP contribution >= 0.6 is 11.6 Å². The molecule has 1 aromatic carbocycles. The molecule has 0 bridgehead atoms. The molecule has 11 heteroatoms. The third-order valence-corrected chi connectivity index (χ3v) is 6.86. The lowest BCUT2D eigenvalue weighted by Gasteiger charge is -2.13. The molecule has 168 valence electrons. The first-order valence-corrected chi connectivity index (χ1v) is 11.7. The van der Waals surface area contributed by atoms with Gasteiger partial charge in [-0.15, -0.1) is 0 Å². The van der Waals surface area contributed by atoms with Crippen LogP contribution in [0.5, 0.6) is 0 Å². The zero-order valence-electron chi connectivity index (χ0n) is 16.9. The van der Waals surface area contributed by atoms with Crippen LogP contribution in [0.1, 0.15) is 28.9 Å². The first-order valence-electron chi connectivity index (χ1n) is 9.89. The van der Waals surface area contributed by atoms with Crippen LogP contribution in [0.2, 0.25) is 5.02 Å². The van der Waals surface area contributed by atoms with Crippen molar-refractivity contribution < 1.29 is 22.7 Å². The van der Waals surface area contributed by atoms with Crippen molar-refractivity contribution in [2.24, 2.45) is 0 Å². The third-order valence-electron chi connectivity index (χ3n) is 4.96. The van der Waals surface area contributed by atoms with Gasteiger partial charge in [-0.25, -0.2) is 22.9 Å². The minimum Gasteiger partial charge on any atom is -0.456 e. The molecular formula is C21H20ClN3O6S. The van der Waals surface area contributed by atoms with Gasteiger partial charge in [0.1, 0.15) is 17.1 Å². The Kier molecular flexibility index (Phi) is 6.56. The number of hydrogen-bond acceptors (Lipinski definition) is 7. The average Bonchev–Trinajstić information content (AvgIpc) is 3.30. The van der Waals surface area contributed by atoms with Crippen LogP contribution in [-0.2, 0) is 26.1 Å². The highest BCUT2D eigenvalue weighted by Gasteiger charge is 2.23. The molecule has 0 radical (unpaired) electrons. The van der Waals surface area contributed by atoms with E-state index in [1.54, 1.807) is 24.4 Å². The van der Waals surface area contributed by atoms with Gasteiger partial charge in [0.25, 0.3) is 5.56 Å². The summed E-state index contributed by atoms with van der Waals surface area (Å²) in [7, 11) is -3.96. The second kappa shape index (κ2) is 9.37. The molecule has 4 rings (SSSR count). The quantitative estimate of drug-likeness (QED) is 0.518. The standard InChI is InChI=1S/C21H20ClN3O6S/c22-17-7-6-14(10-18(17)32(28,29)23-12-16-4-3-9-30-16)21(27)31-13-15-11-20(26)25-8-2-1-5-19(25)24-15/h1-2,5-8,10-11,16,23H,3-4,9,12-13H2. The van der Waals surface area contributed by atoms with Gasteiger partial charge >= 0.3 is 5.97 Å². The highest BCUT2D eigenvalue weighted by Crippen LogP contribution is 2.23. The molecule has 2 aromatic heterocycles. The number of benzene rings is 1. The summed E-state index contributed by atoms with van der Waals surface area (Å²) in [6.07, 6.45) is 3.06. The molecule has 0 spiro atoms. The van der Waals surface area contributed by atoms with Gasteiger partial charge in [-0.2, -0.15) is 0 Å². The second-order valence-corrected chi connectivity index (χ2v) is 9.37. The summed E-state index contributed by atoms with van der Waals surface area (Å²) < 4.78 is 39.8. The molecule has 0 aliphatic carbocycles. The SMILES string of the molecule is O=C(OCc1cc(=O)n2ccccc2n1)c1ccc(Cl)c(S(=O)(=O)NCC2CCCO2)c1. The van der Waals surface area contributed by atoms with E-state index >= 15 is 0 Å². The summed E-state index contributed by atoms with van der Waals surface area (Å²) in [5, 5.41) is -0.0226. The fourth-order valence-corrected chi connectivity index (χ4v) is 4.91. The van der Waals surface area contributed by atoms with Crippen molar-refractivity contribution in [1.82, 2.24) is 14.1 Å². The van der Waals surface area contributed by atoms with Gasteiger partial charge in [0.05, 0.1) is 22.4 Å². The van der Waals surface area contributed by atoms with E-state index < -0.39 is 16.0 Å². The molecule has 1 saturated heterocycles. The Bertz CT molecular complexity index is 1320. The number of carbonyl (C=O) groups is 1. The second-order valence-electron chi connectivity index (χ2n) is 7.22. The van der Waals surface area contributed by atoms with E-state index in [-0.39, 0.29) is 46.0 Å². The van der Waals surface area contributed by atoms with Crippen LogP contribution in [0.4, 0.5) is 0 Å². The van der Waals surface area contributed by atoms with Crippen LogP contribution < -0.4 is 10.3 Å². The Morgan fingerprint density at radius 3 is 2.91 bits per heavy atom. The molecule has 3 heterocycles. The number of carbonyl (C=O) groups excluding carboxylic acids is 1. The molecule has 32 heavy (non-hydrogen) atoms. The molecule has 9 nitrogen and oxygen atoms in total. The molecule has 3 aromatic rings. The van der Waals surface area contributed by atoms with E-state index in [2.05, 4.69) is 9.71 Å². The van der Waals surface area contributed by atoms with Gasteiger partial charge in [-0.3, -0.25) is 9.20 Å². The Hall–Kier alpha value is -2.79. The van der Waals surface area contributed by atoms with Crippen LogP contribution in [-0.4, -0.2) is 43.0 Å².